The Morgan fingerprint density at radius 2 is 1.89 bits per heavy atom. The van der Waals surface area contributed by atoms with Crippen molar-refractivity contribution in [3.05, 3.63) is 35.4 Å². The number of benzene rings is 1. The molecule has 1 nitrogen and oxygen atoms in total. The zero-order valence-corrected chi connectivity index (χ0v) is 11.6. The minimum Gasteiger partial charge on any atom is -0.325 e. The molecular weight excluding hydrogens is 244 g/mol. The molecule has 1 aromatic rings. The van der Waals surface area contributed by atoms with Gasteiger partial charge in [0.25, 0.3) is 0 Å². The van der Waals surface area contributed by atoms with Gasteiger partial charge in [0.2, 0.25) is 0 Å². The van der Waals surface area contributed by atoms with E-state index in [0.717, 1.165) is 31.6 Å². The molecule has 2 atom stereocenters. The number of halogens is 2. The van der Waals surface area contributed by atoms with E-state index < -0.39 is 17.2 Å². The highest BCUT2D eigenvalue weighted by atomic mass is 19.1. The maximum Gasteiger partial charge on any atom is 0.129 e. The van der Waals surface area contributed by atoms with Crippen LogP contribution in [0.3, 0.4) is 0 Å². The standard InChI is InChI=1S/C16H23F2N/c1-2-12-5-4-9-16(19,10-8-12)11-13-14(17)6-3-7-15(13)18/h3,6-7,12H,2,4-5,8-11,19H2,1H3. The van der Waals surface area contributed by atoms with Gasteiger partial charge >= 0.3 is 0 Å². The fourth-order valence-electron chi connectivity index (χ4n) is 3.14. The molecule has 2 unspecified atom stereocenters. The lowest BCUT2D eigenvalue weighted by Crippen LogP contribution is -2.42. The van der Waals surface area contributed by atoms with Crippen molar-refractivity contribution in [2.45, 2.75) is 57.4 Å². The topological polar surface area (TPSA) is 26.0 Å². The highest BCUT2D eigenvalue weighted by molar-refractivity contribution is 5.22. The summed E-state index contributed by atoms with van der Waals surface area (Å²) in [5.41, 5.74) is 6.11. The van der Waals surface area contributed by atoms with Gasteiger partial charge in [0, 0.05) is 11.1 Å². The van der Waals surface area contributed by atoms with E-state index in [4.69, 9.17) is 5.73 Å². The first-order valence-electron chi connectivity index (χ1n) is 7.26. The Hall–Kier alpha value is -0.960. The van der Waals surface area contributed by atoms with Crippen LogP contribution in [0.4, 0.5) is 8.78 Å². The fourth-order valence-corrected chi connectivity index (χ4v) is 3.14. The summed E-state index contributed by atoms with van der Waals surface area (Å²) in [5, 5.41) is 0. The monoisotopic (exact) mass is 267 g/mol. The first-order valence-corrected chi connectivity index (χ1v) is 7.26. The number of hydrogen-bond donors (Lipinski definition) is 1. The molecule has 3 heteroatoms. The van der Waals surface area contributed by atoms with E-state index in [1.54, 1.807) is 0 Å². The Morgan fingerprint density at radius 3 is 2.53 bits per heavy atom. The van der Waals surface area contributed by atoms with Gasteiger partial charge in [-0.2, -0.15) is 0 Å². The van der Waals surface area contributed by atoms with E-state index >= 15 is 0 Å². The van der Waals surface area contributed by atoms with Gasteiger partial charge < -0.3 is 5.73 Å². The summed E-state index contributed by atoms with van der Waals surface area (Å²) in [5.74, 6) is -0.224. The number of hydrogen-bond acceptors (Lipinski definition) is 1. The molecule has 0 heterocycles. The van der Waals surface area contributed by atoms with Crippen molar-refractivity contribution in [1.29, 1.82) is 0 Å². The average Bonchev–Trinajstić information content (AvgIpc) is 2.56. The molecule has 1 fully saturated rings. The van der Waals surface area contributed by atoms with Crippen molar-refractivity contribution in [2.24, 2.45) is 11.7 Å². The van der Waals surface area contributed by atoms with Gasteiger partial charge in [-0.15, -0.1) is 0 Å². The second kappa shape index (κ2) is 6.00. The van der Waals surface area contributed by atoms with Gasteiger partial charge in [-0.25, -0.2) is 8.78 Å². The zero-order chi connectivity index (χ0) is 13.9. The molecule has 1 aliphatic carbocycles. The Balaban J connectivity index is 2.12. The highest BCUT2D eigenvalue weighted by Crippen LogP contribution is 2.33. The SMILES string of the molecule is CCC1CCCC(N)(Cc2c(F)cccc2F)CC1. The maximum absolute atomic E-state index is 13.7. The van der Waals surface area contributed by atoms with Crippen LogP contribution in [0.25, 0.3) is 0 Å². The van der Waals surface area contributed by atoms with Crippen LogP contribution in [0.1, 0.15) is 51.0 Å². The summed E-state index contributed by atoms with van der Waals surface area (Å²) in [7, 11) is 0. The lowest BCUT2D eigenvalue weighted by atomic mass is 9.84. The summed E-state index contributed by atoms with van der Waals surface area (Å²) in [6.45, 7) is 2.20. The van der Waals surface area contributed by atoms with Crippen LogP contribution in [-0.2, 0) is 6.42 Å². The van der Waals surface area contributed by atoms with Gasteiger partial charge in [-0.1, -0.05) is 32.3 Å². The van der Waals surface area contributed by atoms with Gasteiger partial charge in [0.05, 0.1) is 0 Å². The third-order valence-electron chi connectivity index (χ3n) is 4.51. The molecule has 0 aromatic heterocycles. The molecular formula is C16H23F2N. The molecule has 2 N–H and O–H groups in total. The molecule has 1 aromatic carbocycles. The van der Waals surface area contributed by atoms with Crippen molar-refractivity contribution in [3.8, 4) is 0 Å². The predicted octanol–water partition coefficient (Wildman–Crippen LogP) is 4.20. The first-order chi connectivity index (χ1) is 9.04. The van der Waals surface area contributed by atoms with Crippen LogP contribution in [0.5, 0.6) is 0 Å². The smallest absolute Gasteiger partial charge is 0.129 e. The van der Waals surface area contributed by atoms with Crippen molar-refractivity contribution >= 4 is 0 Å². The fraction of sp³-hybridized carbons (Fsp3) is 0.625. The second-order valence-corrected chi connectivity index (χ2v) is 5.94. The van der Waals surface area contributed by atoms with Crippen LogP contribution in [0, 0.1) is 17.6 Å². The lowest BCUT2D eigenvalue weighted by molar-refractivity contribution is 0.348. The molecule has 0 spiro atoms. The summed E-state index contributed by atoms with van der Waals surface area (Å²) in [4.78, 5) is 0. The summed E-state index contributed by atoms with van der Waals surface area (Å²) in [6, 6.07) is 4.03. The van der Waals surface area contributed by atoms with Crippen LogP contribution < -0.4 is 5.73 Å². The molecule has 0 aliphatic heterocycles. The molecule has 1 aliphatic rings. The Kier molecular flexibility index (Phi) is 4.56. The van der Waals surface area contributed by atoms with Crippen LogP contribution in [0.15, 0.2) is 18.2 Å². The second-order valence-electron chi connectivity index (χ2n) is 5.94. The third-order valence-corrected chi connectivity index (χ3v) is 4.51. The van der Waals surface area contributed by atoms with E-state index in [2.05, 4.69) is 6.92 Å². The zero-order valence-electron chi connectivity index (χ0n) is 11.6. The third kappa shape index (κ3) is 3.53. The van der Waals surface area contributed by atoms with E-state index in [1.807, 2.05) is 0 Å². The van der Waals surface area contributed by atoms with Crippen molar-refractivity contribution in [2.75, 3.05) is 0 Å². The molecule has 106 valence electrons. The highest BCUT2D eigenvalue weighted by Gasteiger charge is 2.30. The Bertz CT molecular complexity index is 413. The van der Waals surface area contributed by atoms with E-state index in [9.17, 15) is 8.78 Å². The van der Waals surface area contributed by atoms with Crippen molar-refractivity contribution in [3.63, 3.8) is 0 Å². The Labute approximate surface area is 114 Å². The summed E-state index contributed by atoms with van der Waals surface area (Å²) < 4.78 is 27.4. The molecule has 19 heavy (non-hydrogen) atoms. The van der Waals surface area contributed by atoms with Crippen LogP contribution in [-0.4, -0.2) is 5.54 Å². The Morgan fingerprint density at radius 1 is 1.21 bits per heavy atom. The minimum absolute atomic E-state index is 0.153. The van der Waals surface area contributed by atoms with Crippen molar-refractivity contribution < 1.29 is 8.78 Å². The van der Waals surface area contributed by atoms with E-state index in [1.165, 1.54) is 31.0 Å². The first kappa shape index (κ1) is 14.4. The predicted molar refractivity (Wildman–Crippen MR) is 73.8 cm³/mol. The lowest BCUT2D eigenvalue weighted by Gasteiger charge is -2.28. The molecule has 0 radical (unpaired) electrons. The minimum atomic E-state index is -0.471. The molecule has 0 amide bonds. The van der Waals surface area contributed by atoms with Gasteiger partial charge in [0.1, 0.15) is 11.6 Å². The quantitative estimate of drug-likeness (QED) is 0.816. The summed E-state index contributed by atoms with van der Waals surface area (Å²) >= 11 is 0. The van der Waals surface area contributed by atoms with Crippen LogP contribution >= 0.6 is 0 Å². The van der Waals surface area contributed by atoms with Gasteiger partial charge in [-0.05, 0) is 43.7 Å². The van der Waals surface area contributed by atoms with E-state index in [0.29, 0.717) is 6.42 Å². The number of rotatable bonds is 3. The largest absolute Gasteiger partial charge is 0.325 e. The maximum atomic E-state index is 13.7. The number of nitrogens with two attached hydrogens (primary N) is 1. The molecule has 2 rings (SSSR count). The van der Waals surface area contributed by atoms with Gasteiger partial charge in [-0.3, -0.25) is 0 Å². The normalized spacial score (nSPS) is 28.1. The molecule has 0 saturated heterocycles. The molecule has 0 bridgehead atoms. The average molecular weight is 267 g/mol. The van der Waals surface area contributed by atoms with Crippen molar-refractivity contribution in [1.82, 2.24) is 0 Å². The van der Waals surface area contributed by atoms with Gasteiger partial charge in [0.15, 0.2) is 0 Å². The summed E-state index contributed by atoms with van der Waals surface area (Å²) in [6.07, 6.45) is 6.52. The van der Waals surface area contributed by atoms with Crippen LogP contribution in [0.2, 0.25) is 0 Å². The molecule has 1 saturated carbocycles. The van der Waals surface area contributed by atoms with E-state index in [-0.39, 0.29) is 5.56 Å².